The Hall–Kier alpha value is -2.83. The van der Waals surface area contributed by atoms with Gasteiger partial charge in [0.1, 0.15) is 28.5 Å². The molecule has 0 unspecified atom stereocenters. The molecular formula is C24H28ClN5O3S. The highest BCUT2D eigenvalue weighted by atomic mass is 35.5. The van der Waals surface area contributed by atoms with Crippen molar-refractivity contribution in [2.24, 2.45) is 13.0 Å². The summed E-state index contributed by atoms with van der Waals surface area (Å²) >= 11 is 6.38. The zero-order valence-corrected chi connectivity index (χ0v) is 21.2. The highest BCUT2D eigenvalue weighted by Crippen LogP contribution is 2.34. The Balaban J connectivity index is 1.98. The van der Waals surface area contributed by atoms with Crippen LogP contribution in [0.5, 0.6) is 0 Å². The number of nitriles is 1. The third-order valence-electron chi connectivity index (χ3n) is 6.61. The number of anilines is 1. The molecule has 4 rings (SSSR count). The summed E-state index contributed by atoms with van der Waals surface area (Å²) < 4.78 is 27.6. The van der Waals surface area contributed by atoms with Crippen molar-refractivity contribution in [2.75, 3.05) is 24.2 Å². The molecule has 8 nitrogen and oxygen atoms in total. The van der Waals surface area contributed by atoms with E-state index in [1.54, 1.807) is 0 Å². The van der Waals surface area contributed by atoms with Crippen molar-refractivity contribution in [3.8, 4) is 6.07 Å². The van der Waals surface area contributed by atoms with Crippen LogP contribution in [0, 0.1) is 17.2 Å². The number of rotatable bonds is 6. The lowest BCUT2D eigenvalue weighted by atomic mass is 9.95. The van der Waals surface area contributed by atoms with Crippen LogP contribution >= 0.6 is 11.6 Å². The van der Waals surface area contributed by atoms with Crippen molar-refractivity contribution in [3.05, 3.63) is 50.8 Å². The van der Waals surface area contributed by atoms with Gasteiger partial charge in [0, 0.05) is 38.0 Å². The smallest absolute Gasteiger partial charge is 0.278 e. The summed E-state index contributed by atoms with van der Waals surface area (Å²) in [7, 11) is -2.37. The number of hydrogen-bond donors (Lipinski definition) is 0. The Morgan fingerprint density at radius 2 is 2.03 bits per heavy atom. The fourth-order valence-corrected chi connectivity index (χ4v) is 5.91. The van der Waals surface area contributed by atoms with E-state index < -0.39 is 15.4 Å². The number of aryl methyl sites for hydroxylation is 2. The largest absolute Gasteiger partial charge is 0.357 e. The number of aromatic nitrogens is 3. The maximum Gasteiger partial charge on any atom is 0.278 e. The first-order valence-electron chi connectivity index (χ1n) is 11.4. The minimum atomic E-state index is -3.77. The molecule has 0 spiro atoms. The Morgan fingerprint density at radius 1 is 1.29 bits per heavy atom. The summed E-state index contributed by atoms with van der Waals surface area (Å²) in [6.45, 7) is 4.08. The molecule has 1 saturated heterocycles. The van der Waals surface area contributed by atoms with Gasteiger partial charge in [0.2, 0.25) is 15.0 Å². The summed E-state index contributed by atoms with van der Waals surface area (Å²) in [4.78, 5) is 20.0. The summed E-state index contributed by atoms with van der Waals surface area (Å²) in [5.74, 6) is 1.12. The standard InChI is InChI=1S/C24H28ClN5O3S/c1-4-16-8-7-12-29(15-16)22-18(14-26)20-21(23(31)28(2)24(27-20)34(3,32)33)30(22)13-11-17-9-5-6-10-19(17)25/h5-6,9-10,16H,4,7-8,11-13,15H2,1-3H3/t16-/m1/s1. The van der Waals surface area contributed by atoms with E-state index in [2.05, 4.69) is 22.9 Å². The van der Waals surface area contributed by atoms with Crippen LogP contribution in [0.15, 0.2) is 34.2 Å². The molecule has 1 aliphatic rings. The predicted molar refractivity (Wildman–Crippen MR) is 133 cm³/mol. The van der Waals surface area contributed by atoms with Gasteiger partial charge in [-0.1, -0.05) is 43.1 Å². The number of fused-ring (bicyclic) bond motifs is 1. The molecule has 0 saturated carbocycles. The molecule has 0 bridgehead atoms. The first-order chi connectivity index (χ1) is 16.2. The Labute approximate surface area is 204 Å². The normalized spacial score (nSPS) is 16.7. The molecule has 0 N–H and O–H groups in total. The zero-order chi connectivity index (χ0) is 24.6. The third-order valence-corrected chi connectivity index (χ3v) is 8.01. The van der Waals surface area contributed by atoms with Gasteiger partial charge in [-0.05, 0) is 36.8 Å². The monoisotopic (exact) mass is 501 g/mol. The molecule has 10 heteroatoms. The maximum atomic E-state index is 13.5. The van der Waals surface area contributed by atoms with Crippen LogP contribution in [0.4, 0.5) is 5.82 Å². The van der Waals surface area contributed by atoms with Gasteiger partial charge in [0.15, 0.2) is 0 Å². The van der Waals surface area contributed by atoms with Crippen LogP contribution in [-0.4, -0.2) is 41.9 Å². The summed E-state index contributed by atoms with van der Waals surface area (Å²) in [6, 6.07) is 9.76. The maximum absolute atomic E-state index is 13.5. The quantitative estimate of drug-likeness (QED) is 0.479. The average molecular weight is 502 g/mol. The van der Waals surface area contributed by atoms with Gasteiger partial charge in [-0.2, -0.15) is 5.26 Å². The van der Waals surface area contributed by atoms with Crippen molar-refractivity contribution in [3.63, 3.8) is 0 Å². The minimum Gasteiger partial charge on any atom is -0.357 e. The van der Waals surface area contributed by atoms with Crippen LogP contribution in [0.25, 0.3) is 11.0 Å². The molecule has 0 aliphatic carbocycles. The lowest BCUT2D eigenvalue weighted by Crippen LogP contribution is -2.37. The average Bonchev–Trinajstić information content (AvgIpc) is 3.13. The van der Waals surface area contributed by atoms with Crippen molar-refractivity contribution in [1.82, 2.24) is 14.1 Å². The molecule has 3 aromatic rings. The second-order valence-electron chi connectivity index (χ2n) is 8.89. The van der Waals surface area contributed by atoms with Crippen LogP contribution in [0.3, 0.4) is 0 Å². The molecule has 1 atom stereocenters. The molecule has 0 radical (unpaired) electrons. The number of halogens is 1. The number of nitrogens with zero attached hydrogens (tertiary/aromatic N) is 5. The third kappa shape index (κ3) is 4.32. The minimum absolute atomic E-state index is 0.138. The van der Waals surface area contributed by atoms with E-state index in [-0.39, 0.29) is 21.8 Å². The highest BCUT2D eigenvalue weighted by Gasteiger charge is 2.30. The highest BCUT2D eigenvalue weighted by molar-refractivity contribution is 7.90. The van der Waals surface area contributed by atoms with Crippen molar-refractivity contribution >= 4 is 38.3 Å². The zero-order valence-electron chi connectivity index (χ0n) is 19.6. The molecule has 3 heterocycles. The summed E-state index contributed by atoms with van der Waals surface area (Å²) in [5.41, 5.74) is 1.06. The second kappa shape index (κ2) is 9.43. The van der Waals surface area contributed by atoms with Crippen molar-refractivity contribution in [1.29, 1.82) is 5.26 Å². The van der Waals surface area contributed by atoms with E-state index in [1.165, 1.54) is 7.05 Å². The molecule has 1 aliphatic heterocycles. The van der Waals surface area contributed by atoms with Crippen molar-refractivity contribution in [2.45, 2.75) is 44.3 Å². The molecule has 180 valence electrons. The molecule has 2 aromatic heterocycles. The van der Waals surface area contributed by atoms with E-state index in [0.29, 0.717) is 29.7 Å². The predicted octanol–water partition coefficient (Wildman–Crippen LogP) is 3.53. The van der Waals surface area contributed by atoms with Gasteiger partial charge in [-0.25, -0.2) is 13.4 Å². The van der Waals surface area contributed by atoms with Crippen LogP contribution in [0.1, 0.15) is 37.3 Å². The van der Waals surface area contributed by atoms with E-state index in [4.69, 9.17) is 11.6 Å². The number of sulfone groups is 1. The molecule has 0 amide bonds. The Morgan fingerprint density at radius 3 is 2.68 bits per heavy atom. The van der Waals surface area contributed by atoms with E-state index >= 15 is 0 Å². The Kier molecular flexibility index (Phi) is 6.74. The van der Waals surface area contributed by atoms with Crippen LogP contribution < -0.4 is 10.5 Å². The fourth-order valence-electron chi connectivity index (χ4n) is 4.84. The second-order valence-corrected chi connectivity index (χ2v) is 11.2. The van der Waals surface area contributed by atoms with Gasteiger partial charge in [0.25, 0.3) is 5.56 Å². The molecule has 34 heavy (non-hydrogen) atoms. The van der Waals surface area contributed by atoms with Gasteiger partial charge in [0.05, 0.1) is 0 Å². The summed E-state index contributed by atoms with van der Waals surface area (Å²) in [6.07, 6.45) is 4.68. The lowest BCUT2D eigenvalue weighted by Gasteiger charge is -2.34. The van der Waals surface area contributed by atoms with Gasteiger partial charge in [-0.3, -0.25) is 9.36 Å². The van der Waals surface area contributed by atoms with E-state index in [1.807, 2.05) is 28.8 Å². The first kappa shape index (κ1) is 24.3. The van der Waals surface area contributed by atoms with E-state index in [9.17, 15) is 18.5 Å². The summed E-state index contributed by atoms with van der Waals surface area (Å²) in [5, 5.41) is 10.4. The topological polar surface area (TPSA) is 101 Å². The van der Waals surface area contributed by atoms with Crippen LogP contribution in [0.2, 0.25) is 5.02 Å². The first-order valence-corrected chi connectivity index (χ1v) is 13.7. The van der Waals surface area contributed by atoms with E-state index in [0.717, 1.165) is 48.7 Å². The molecule has 1 fully saturated rings. The number of hydrogen-bond acceptors (Lipinski definition) is 6. The van der Waals surface area contributed by atoms with Gasteiger partial charge < -0.3 is 9.47 Å². The van der Waals surface area contributed by atoms with Gasteiger partial charge >= 0.3 is 0 Å². The fraction of sp³-hybridized carbons (Fsp3) is 0.458. The SMILES string of the molecule is CC[C@@H]1CCCN(c2c(C#N)c3nc(S(C)(=O)=O)n(C)c(=O)c3n2CCc2ccccc2Cl)C1. The van der Waals surface area contributed by atoms with Crippen molar-refractivity contribution < 1.29 is 8.42 Å². The lowest BCUT2D eigenvalue weighted by molar-refractivity contribution is 0.400. The molecular weight excluding hydrogens is 474 g/mol. The molecule has 1 aromatic carbocycles. The van der Waals surface area contributed by atoms with Gasteiger partial charge in [-0.15, -0.1) is 0 Å². The van der Waals surface area contributed by atoms with Crippen LogP contribution in [-0.2, 0) is 29.9 Å². The Bertz CT molecular complexity index is 1450. The number of piperidine rings is 1. The number of benzene rings is 1.